The predicted octanol–water partition coefficient (Wildman–Crippen LogP) is 2.49. The van der Waals surface area contributed by atoms with Crippen LogP contribution in [0.15, 0.2) is 11.4 Å². The van der Waals surface area contributed by atoms with Crippen molar-refractivity contribution in [2.75, 3.05) is 13.1 Å². The summed E-state index contributed by atoms with van der Waals surface area (Å²) >= 11 is 1.75. The number of hydrogen-bond acceptors (Lipinski definition) is 3. The summed E-state index contributed by atoms with van der Waals surface area (Å²) in [4.78, 5) is 26.5. The lowest BCUT2D eigenvalue weighted by atomic mass is 9.94. The van der Waals surface area contributed by atoms with Gasteiger partial charge in [-0.2, -0.15) is 0 Å². The minimum absolute atomic E-state index is 0.0105. The average molecular weight is 308 g/mol. The van der Waals surface area contributed by atoms with E-state index in [0.717, 1.165) is 19.3 Å². The molecule has 0 aromatic carbocycles. The number of aliphatic carboxylic acids is 1. The van der Waals surface area contributed by atoms with E-state index in [0.29, 0.717) is 13.1 Å². The minimum atomic E-state index is -0.810. The molecule has 2 amide bonds. The van der Waals surface area contributed by atoms with Gasteiger partial charge in [-0.3, -0.25) is 4.79 Å². The lowest BCUT2D eigenvalue weighted by Crippen LogP contribution is -2.41. The predicted molar refractivity (Wildman–Crippen MR) is 80.4 cm³/mol. The Morgan fingerprint density at radius 3 is 2.95 bits per heavy atom. The number of likely N-dealkylation sites (tertiary alicyclic amines) is 1. The van der Waals surface area contributed by atoms with E-state index in [-0.39, 0.29) is 18.0 Å². The number of hydrogen-bond donors (Lipinski definition) is 2. The van der Waals surface area contributed by atoms with Crippen molar-refractivity contribution in [1.29, 1.82) is 0 Å². The Kier molecular flexibility index (Phi) is 3.89. The number of fused-ring (bicyclic) bond motifs is 1. The molecule has 0 saturated carbocycles. The minimum Gasteiger partial charge on any atom is -0.481 e. The summed E-state index contributed by atoms with van der Waals surface area (Å²) in [5.74, 6) is -1.24. The summed E-state index contributed by atoms with van der Waals surface area (Å²) in [6.45, 7) is 2.72. The SMILES string of the molecule is C[C@@H]1CN(C(=O)NC2CCCc3sccc32)C[C@H]1C(=O)O. The molecule has 0 radical (unpaired) electrons. The van der Waals surface area contributed by atoms with E-state index in [1.807, 2.05) is 6.92 Å². The van der Waals surface area contributed by atoms with Crippen LogP contribution in [0.5, 0.6) is 0 Å². The van der Waals surface area contributed by atoms with Gasteiger partial charge in [-0.05, 0) is 42.2 Å². The summed E-state index contributed by atoms with van der Waals surface area (Å²) in [5.41, 5.74) is 1.24. The second-order valence-electron chi connectivity index (χ2n) is 6.02. The lowest BCUT2D eigenvalue weighted by Gasteiger charge is -2.26. The zero-order valence-corrected chi connectivity index (χ0v) is 12.9. The first-order chi connectivity index (χ1) is 10.1. The highest BCUT2D eigenvalue weighted by Gasteiger charge is 2.37. The normalized spacial score (nSPS) is 28.2. The summed E-state index contributed by atoms with van der Waals surface area (Å²) in [6.07, 6.45) is 3.15. The zero-order chi connectivity index (χ0) is 15.0. The molecular formula is C15H20N2O3S. The first-order valence-electron chi connectivity index (χ1n) is 7.40. The van der Waals surface area contributed by atoms with Crippen molar-refractivity contribution in [2.24, 2.45) is 11.8 Å². The quantitative estimate of drug-likeness (QED) is 0.882. The molecule has 1 fully saturated rings. The molecule has 1 aromatic heterocycles. The molecule has 1 unspecified atom stereocenters. The number of carboxylic acid groups (broad SMARTS) is 1. The monoisotopic (exact) mass is 308 g/mol. The number of amides is 2. The highest BCUT2D eigenvalue weighted by atomic mass is 32.1. The van der Waals surface area contributed by atoms with Crippen LogP contribution >= 0.6 is 11.3 Å². The number of nitrogens with zero attached hydrogens (tertiary/aromatic N) is 1. The van der Waals surface area contributed by atoms with E-state index in [1.54, 1.807) is 16.2 Å². The number of carbonyl (C=O) groups excluding carboxylic acids is 1. The topological polar surface area (TPSA) is 69.6 Å². The first kappa shape index (κ1) is 14.4. The molecule has 1 aliphatic heterocycles. The zero-order valence-electron chi connectivity index (χ0n) is 12.0. The van der Waals surface area contributed by atoms with Crippen molar-refractivity contribution in [3.05, 3.63) is 21.9 Å². The molecule has 0 spiro atoms. The van der Waals surface area contributed by atoms with Crippen molar-refractivity contribution in [1.82, 2.24) is 10.2 Å². The smallest absolute Gasteiger partial charge is 0.317 e. The second kappa shape index (κ2) is 5.67. The molecule has 5 nitrogen and oxygen atoms in total. The maximum Gasteiger partial charge on any atom is 0.317 e. The van der Waals surface area contributed by atoms with E-state index in [4.69, 9.17) is 5.11 Å². The van der Waals surface area contributed by atoms with Gasteiger partial charge in [-0.25, -0.2) is 4.79 Å². The summed E-state index contributed by atoms with van der Waals surface area (Å²) in [5, 5.41) is 14.3. The van der Waals surface area contributed by atoms with Crippen LogP contribution in [0.25, 0.3) is 0 Å². The van der Waals surface area contributed by atoms with Crippen LogP contribution < -0.4 is 5.32 Å². The van der Waals surface area contributed by atoms with Gasteiger partial charge in [0.1, 0.15) is 0 Å². The Hall–Kier alpha value is -1.56. The van der Waals surface area contributed by atoms with Crippen LogP contribution in [0.2, 0.25) is 0 Å². The van der Waals surface area contributed by atoms with Crippen molar-refractivity contribution in [2.45, 2.75) is 32.2 Å². The summed E-state index contributed by atoms with van der Waals surface area (Å²) in [6, 6.07) is 2.04. The lowest BCUT2D eigenvalue weighted by molar-refractivity contribution is -0.142. The van der Waals surface area contributed by atoms with Crippen molar-refractivity contribution in [3.63, 3.8) is 0 Å². The number of urea groups is 1. The Morgan fingerprint density at radius 2 is 2.24 bits per heavy atom. The van der Waals surface area contributed by atoms with Crippen LogP contribution in [0.3, 0.4) is 0 Å². The van der Waals surface area contributed by atoms with E-state index in [2.05, 4.69) is 16.8 Å². The van der Waals surface area contributed by atoms with E-state index < -0.39 is 11.9 Å². The Labute approximate surface area is 128 Å². The van der Waals surface area contributed by atoms with Gasteiger partial charge in [0.15, 0.2) is 0 Å². The van der Waals surface area contributed by atoms with Crippen LogP contribution in [0, 0.1) is 11.8 Å². The molecule has 21 heavy (non-hydrogen) atoms. The maximum absolute atomic E-state index is 12.4. The van der Waals surface area contributed by atoms with E-state index in [9.17, 15) is 9.59 Å². The third-order valence-corrected chi connectivity index (χ3v) is 5.56. The van der Waals surface area contributed by atoms with Crippen LogP contribution in [-0.4, -0.2) is 35.1 Å². The number of carbonyl (C=O) groups is 2. The van der Waals surface area contributed by atoms with Gasteiger partial charge in [0, 0.05) is 18.0 Å². The molecular weight excluding hydrogens is 288 g/mol. The number of thiophene rings is 1. The average Bonchev–Trinajstić information content (AvgIpc) is 3.05. The summed E-state index contributed by atoms with van der Waals surface area (Å²) in [7, 11) is 0. The number of nitrogens with one attached hydrogen (secondary N) is 1. The van der Waals surface area contributed by atoms with Gasteiger partial charge in [0.25, 0.3) is 0 Å². The molecule has 114 valence electrons. The molecule has 1 aromatic rings. The first-order valence-corrected chi connectivity index (χ1v) is 8.28. The molecule has 2 heterocycles. The third kappa shape index (κ3) is 2.77. The molecule has 6 heteroatoms. The van der Waals surface area contributed by atoms with Crippen LogP contribution in [0.4, 0.5) is 4.79 Å². The molecule has 2 aliphatic rings. The highest BCUT2D eigenvalue weighted by Crippen LogP contribution is 2.33. The Morgan fingerprint density at radius 1 is 1.43 bits per heavy atom. The highest BCUT2D eigenvalue weighted by molar-refractivity contribution is 7.10. The van der Waals surface area contributed by atoms with Gasteiger partial charge in [0.05, 0.1) is 12.0 Å². The van der Waals surface area contributed by atoms with Gasteiger partial charge in [0.2, 0.25) is 0 Å². The maximum atomic E-state index is 12.4. The van der Waals surface area contributed by atoms with Crippen LogP contribution in [-0.2, 0) is 11.2 Å². The Balaban J connectivity index is 1.65. The van der Waals surface area contributed by atoms with Crippen molar-refractivity contribution < 1.29 is 14.7 Å². The van der Waals surface area contributed by atoms with Gasteiger partial charge < -0.3 is 15.3 Å². The van der Waals surface area contributed by atoms with Crippen molar-refractivity contribution in [3.8, 4) is 0 Å². The van der Waals surface area contributed by atoms with Gasteiger partial charge in [-0.15, -0.1) is 11.3 Å². The molecule has 3 atom stereocenters. The largest absolute Gasteiger partial charge is 0.481 e. The van der Waals surface area contributed by atoms with Crippen molar-refractivity contribution >= 4 is 23.3 Å². The standard InChI is InChI=1S/C15H20N2O3S/c1-9-7-17(8-11(9)14(18)19)15(20)16-12-3-2-4-13-10(12)5-6-21-13/h5-6,9,11-12H,2-4,7-8H2,1H3,(H,16,20)(H,18,19)/t9-,11-,12?/m1/s1. The number of aryl methyl sites for hydroxylation is 1. The van der Waals surface area contributed by atoms with E-state index >= 15 is 0 Å². The fourth-order valence-corrected chi connectivity index (χ4v) is 4.32. The van der Waals surface area contributed by atoms with Crippen LogP contribution in [0.1, 0.15) is 36.2 Å². The fourth-order valence-electron chi connectivity index (χ4n) is 3.33. The number of carboxylic acids is 1. The molecule has 3 rings (SSSR count). The molecule has 1 saturated heterocycles. The Bertz CT molecular complexity index is 557. The van der Waals surface area contributed by atoms with Gasteiger partial charge in [-0.1, -0.05) is 6.92 Å². The second-order valence-corrected chi connectivity index (χ2v) is 7.02. The molecule has 1 aliphatic carbocycles. The van der Waals surface area contributed by atoms with Gasteiger partial charge >= 0.3 is 12.0 Å². The number of rotatable bonds is 2. The molecule has 0 bridgehead atoms. The third-order valence-electron chi connectivity index (χ3n) is 4.57. The summed E-state index contributed by atoms with van der Waals surface area (Å²) < 4.78 is 0. The van der Waals surface area contributed by atoms with E-state index in [1.165, 1.54) is 10.4 Å². The fraction of sp³-hybridized carbons (Fsp3) is 0.600. The molecule has 2 N–H and O–H groups in total.